The average molecular weight is 521 g/mol. The zero-order valence-electron chi connectivity index (χ0n) is 20.7. The largest absolute Gasteiger partial charge is 0.422 e. The Labute approximate surface area is 208 Å². The molecule has 0 aliphatic rings. The van der Waals surface area contributed by atoms with Crippen LogP contribution in [-0.2, 0) is 23.2 Å². The molecule has 0 spiro atoms. The van der Waals surface area contributed by atoms with Crippen LogP contribution in [0.15, 0.2) is 45.6 Å². The van der Waals surface area contributed by atoms with Gasteiger partial charge in [-0.2, -0.15) is 8.42 Å². The maximum Gasteiger partial charge on any atom is 0.414 e. The summed E-state index contributed by atoms with van der Waals surface area (Å²) in [5.74, 6) is -0.584. The third-order valence-electron chi connectivity index (χ3n) is 5.59. The van der Waals surface area contributed by atoms with E-state index in [0.717, 1.165) is 0 Å². The molecule has 1 aromatic heterocycles. The van der Waals surface area contributed by atoms with Crippen molar-refractivity contribution in [1.29, 1.82) is 0 Å². The van der Waals surface area contributed by atoms with Crippen molar-refractivity contribution in [2.75, 3.05) is 39.5 Å². The Morgan fingerprint density at radius 3 is 2.50 bits per heavy atom. The van der Waals surface area contributed by atoms with Crippen LogP contribution >= 0.6 is 0 Å². The molecular weight excluding hydrogens is 491 g/mol. The van der Waals surface area contributed by atoms with Gasteiger partial charge in [-0.3, -0.25) is 4.72 Å². The van der Waals surface area contributed by atoms with E-state index in [9.17, 15) is 18.0 Å². The van der Waals surface area contributed by atoms with Crippen molar-refractivity contribution in [1.82, 2.24) is 14.5 Å². The topological polar surface area (TPSA) is 121 Å². The molecule has 0 radical (unpaired) electrons. The summed E-state index contributed by atoms with van der Waals surface area (Å²) < 4.78 is 53.9. The van der Waals surface area contributed by atoms with Crippen LogP contribution in [0, 0.1) is 5.82 Å². The number of nitrogens with zero attached hydrogens (tertiary/aromatic N) is 2. The number of rotatable bonds is 9. The standard InChI is InChI=1S/C24H29FN4O6S/c1-6-29(5)14-19-17-11-10-16(34-24(31)28(3)4)13-21(17)35-23(30)18(19)12-15-8-7-9-20(22(15)25)27-36(32,33)26-2/h7-11,13,26-27H,6,12,14H2,1-5H3. The van der Waals surface area contributed by atoms with Crippen LogP contribution < -0.4 is 19.8 Å². The van der Waals surface area contributed by atoms with Crippen LogP contribution in [-0.4, -0.2) is 59.0 Å². The minimum absolute atomic E-state index is 0.120. The van der Waals surface area contributed by atoms with Gasteiger partial charge in [0.1, 0.15) is 11.3 Å². The molecule has 1 heterocycles. The summed E-state index contributed by atoms with van der Waals surface area (Å²) in [7, 11) is 2.24. The van der Waals surface area contributed by atoms with E-state index >= 15 is 4.39 Å². The maximum absolute atomic E-state index is 15.2. The molecule has 0 saturated heterocycles. The number of carbonyl (C=O) groups is 1. The van der Waals surface area contributed by atoms with E-state index in [1.807, 2.05) is 18.9 Å². The number of benzene rings is 2. The molecule has 10 nitrogen and oxygen atoms in total. The third kappa shape index (κ3) is 6.20. The number of anilines is 1. The fourth-order valence-corrected chi connectivity index (χ4v) is 4.01. The van der Waals surface area contributed by atoms with Crippen molar-refractivity contribution in [2.24, 2.45) is 0 Å². The molecule has 0 atom stereocenters. The molecule has 3 rings (SSSR count). The smallest absolute Gasteiger partial charge is 0.414 e. The van der Waals surface area contributed by atoms with Gasteiger partial charge in [-0.15, -0.1) is 0 Å². The number of amides is 1. The fourth-order valence-electron chi connectivity index (χ4n) is 3.46. The molecule has 0 fully saturated rings. The van der Waals surface area contributed by atoms with Gasteiger partial charge in [0.15, 0.2) is 5.82 Å². The van der Waals surface area contributed by atoms with Crippen LogP contribution in [0.2, 0.25) is 0 Å². The number of ether oxygens (including phenoxy) is 1. The first kappa shape index (κ1) is 27.1. The molecule has 1 amide bonds. The lowest BCUT2D eigenvalue weighted by Crippen LogP contribution is -2.27. The number of nitrogens with one attached hydrogen (secondary N) is 2. The van der Waals surface area contributed by atoms with Crippen molar-refractivity contribution >= 4 is 33.0 Å². The van der Waals surface area contributed by atoms with Crippen molar-refractivity contribution < 1.29 is 26.8 Å². The number of hydrogen-bond donors (Lipinski definition) is 2. The molecule has 0 unspecified atom stereocenters. The summed E-state index contributed by atoms with van der Waals surface area (Å²) in [5, 5.41) is 0.613. The zero-order chi connectivity index (χ0) is 26.6. The van der Waals surface area contributed by atoms with E-state index in [-0.39, 0.29) is 34.6 Å². The molecule has 0 aliphatic heterocycles. The van der Waals surface area contributed by atoms with Gasteiger partial charge < -0.3 is 19.0 Å². The maximum atomic E-state index is 15.2. The number of carbonyl (C=O) groups excluding carboxylic acids is 1. The second kappa shape index (κ2) is 11.1. The van der Waals surface area contributed by atoms with Crippen molar-refractivity contribution in [3.05, 3.63) is 69.3 Å². The Bertz CT molecular complexity index is 1440. The number of hydrogen-bond acceptors (Lipinski definition) is 7. The van der Waals surface area contributed by atoms with Gasteiger partial charge in [-0.1, -0.05) is 19.1 Å². The minimum Gasteiger partial charge on any atom is -0.422 e. The first-order chi connectivity index (χ1) is 17.0. The van der Waals surface area contributed by atoms with Gasteiger partial charge >= 0.3 is 11.7 Å². The van der Waals surface area contributed by atoms with Crippen LogP contribution in [0.3, 0.4) is 0 Å². The number of halogens is 1. The Balaban J connectivity index is 2.11. The first-order valence-corrected chi connectivity index (χ1v) is 12.6. The molecule has 0 bridgehead atoms. The normalized spacial score (nSPS) is 11.6. The predicted octanol–water partition coefficient (Wildman–Crippen LogP) is 2.91. The third-order valence-corrected chi connectivity index (χ3v) is 6.61. The predicted molar refractivity (Wildman–Crippen MR) is 135 cm³/mol. The van der Waals surface area contributed by atoms with E-state index in [1.165, 1.54) is 36.2 Å². The molecule has 0 aliphatic carbocycles. The average Bonchev–Trinajstić information content (AvgIpc) is 2.83. The van der Waals surface area contributed by atoms with Gasteiger partial charge in [0.25, 0.3) is 10.2 Å². The Morgan fingerprint density at radius 1 is 1.14 bits per heavy atom. The van der Waals surface area contributed by atoms with Gasteiger partial charge in [-0.05, 0) is 42.9 Å². The second-order valence-corrected chi connectivity index (χ2v) is 9.98. The summed E-state index contributed by atoms with van der Waals surface area (Å²) >= 11 is 0. The lowest BCUT2D eigenvalue weighted by molar-refractivity contribution is 0.172. The van der Waals surface area contributed by atoms with Gasteiger partial charge in [0.05, 0.1) is 5.69 Å². The monoisotopic (exact) mass is 520 g/mol. The van der Waals surface area contributed by atoms with E-state index in [1.54, 1.807) is 26.2 Å². The lowest BCUT2D eigenvalue weighted by Gasteiger charge is -2.19. The Kier molecular flexibility index (Phi) is 8.33. The lowest BCUT2D eigenvalue weighted by atomic mass is 9.97. The van der Waals surface area contributed by atoms with Crippen molar-refractivity contribution in [3.63, 3.8) is 0 Å². The molecule has 2 N–H and O–H groups in total. The highest BCUT2D eigenvalue weighted by atomic mass is 32.2. The fraction of sp³-hybridized carbons (Fsp3) is 0.333. The first-order valence-electron chi connectivity index (χ1n) is 11.1. The van der Waals surface area contributed by atoms with Crippen LogP contribution in [0.25, 0.3) is 11.0 Å². The zero-order valence-corrected chi connectivity index (χ0v) is 21.5. The molecular formula is C24H29FN4O6S. The summed E-state index contributed by atoms with van der Waals surface area (Å²) in [5.41, 5.74) is 0.313. The highest BCUT2D eigenvalue weighted by molar-refractivity contribution is 7.90. The van der Waals surface area contributed by atoms with Gasteiger partial charge in [0, 0.05) is 51.1 Å². The minimum atomic E-state index is -3.93. The summed E-state index contributed by atoms with van der Waals surface area (Å²) in [4.78, 5) is 28.3. The highest BCUT2D eigenvalue weighted by Gasteiger charge is 2.21. The SMILES string of the molecule is CCN(C)Cc1c(Cc2cccc(NS(=O)(=O)NC)c2F)c(=O)oc2cc(OC(=O)N(C)C)ccc12. The molecule has 3 aromatic rings. The molecule has 194 valence electrons. The quantitative estimate of drug-likeness (QED) is 0.416. The van der Waals surface area contributed by atoms with E-state index in [0.29, 0.717) is 24.0 Å². The van der Waals surface area contributed by atoms with E-state index in [2.05, 4.69) is 9.44 Å². The Hall–Kier alpha value is -3.48. The Morgan fingerprint density at radius 2 is 1.86 bits per heavy atom. The van der Waals surface area contributed by atoms with Gasteiger partial charge in [-0.25, -0.2) is 18.7 Å². The molecule has 12 heteroatoms. The van der Waals surface area contributed by atoms with E-state index < -0.39 is 27.7 Å². The summed E-state index contributed by atoms with van der Waals surface area (Å²) in [6.45, 7) is 3.02. The summed E-state index contributed by atoms with van der Waals surface area (Å²) in [6.07, 6.45) is -0.702. The number of fused-ring (bicyclic) bond motifs is 1. The van der Waals surface area contributed by atoms with E-state index in [4.69, 9.17) is 9.15 Å². The van der Waals surface area contributed by atoms with Crippen molar-refractivity contribution in [3.8, 4) is 5.75 Å². The highest BCUT2D eigenvalue weighted by Crippen LogP contribution is 2.28. The molecule has 36 heavy (non-hydrogen) atoms. The molecule has 0 saturated carbocycles. The van der Waals surface area contributed by atoms with Crippen LogP contribution in [0.4, 0.5) is 14.9 Å². The molecule has 2 aromatic carbocycles. The van der Waals surface area contributed by atoms with Crippen molar-refractivity contribution in [2.45, 2.75) is 19.9 Å². The van der Waals surface area contributed by atoms with Gasteiger partial charge in [0.2, 0.25) is 0 Å². The van der Waals surface area contributed by atoms with Crippen LogP contribution in [0.1, 0.15) is 23.6 Å². The summed E-state index contributed by atoms with van der Waals surface area (Å²) in [6, 6.07) is 9.01. The second-order valence-electron chi connectivity index (χ2n) is 8.36. The van der Waals surface area contributed by atoms with Crippen LogP contribution in [0.5, 0.6) is 5.75 Å².